The molecule has 2 heteroatoms. The van der Waals surface area contributed by atoms with Crippen molar-refractivity contribution in [3.8, 4) is 50.5 Å². The van der Waals surface area contributed by atoms with E-state index in [0.717, 1.165) is 33.7 Å². The van der Waals surface area contributed by atoms with E-state index in [1.807, 2.05) is 0 Å². The Labute approximate surface area is 296 Å². The van der Waals surface area contributed by atoms with Gasteiger partial charge in [0.15, 0.2) is 0 Å². The minimum absolute atomic E-state index is 0.925. The first-order chi connectivity index (χ1) is 25.3. The van der Waals surface area contributed by atoms with Crippen LogP contribution in [0.1, 0.15) is 0 Å². The Morgan fingerprint density at radius 3 is 1.63 bits per heavy atom. The van der Waals surface area contributed by atoms with Crippen molar-refractivity contribution in [2.75, 3.05) is 0 Å². The molecule has 0 unspecified atom stereocenters. The standard InChI is InChI=1S/C49H32N2/c1-2-16-34(17-3-1)39-21-6-11-26-44(39)49-50-45-27-12-13-28-46(45)51(49)38-20-14-19-36(32-38)47-40-22-7-9-24-42(40)48(43-25-10-8-23-41(43)47)37-30-29-33-15-4-5-18-35(33)31-37/h1-32H. The fraction of sp³-hybridized carbons (Fsp3) is 0. The van der Waals surface area contributed by atoms with Gasteiger partial charge < -0.3 is 0 Å². The normalized spacial score (nSPS) is 11.5. The molecular weight excluding hydrogens is 617 g/mol. The van der Waals surface area contributed by atoms with E-state index in [1.54, 1.807) is 0 Å². The Morgan fingerprint density at radius 2 is 0.902 bits per heavy atom. The second-order valence-electron chi connectivity index (χ2n) is 13.1. The van der Waals surface area contributed by atoms with Crippen molar-refractivity contribution < 1.29 is 0 Å². The van der Waals surface area contributed by atoms with E-state index < -0.39 is 0 Å². The minimum Gasteiger partial charge on any atom is -0.292 e. The zero-order chi connectivity index (χ0) is 33.7. The first-order valence-electron chi connectivity index (χ1n) is 17.5. The molecule has 238 valence electrons. The number of aromatic nitrogens is 2. The summed E-state index contributed by atoms with van der Waals surface area (Å²) in [6, 6.07) is 69.9. The van der Waals surface area contributed by atoms with Crippen LogP contribution in [0.2, 0.25) is 0 Å². The molecule has 0 aliphatic carbocycles. The Hall–Kier alpha value is -6.77. The van der Waals surface area contributed by atoms with Crippen LogP contribution in [0.4, 0.5) is 0 Å². The van der Waals surface area contributed by atoms with E-state index >= 15 is 0 Å². The summed E-state index contributed by atoms with van der Waals surface area (Å²) in [4.78, 5) is 5.28. The molecule has 0 atom stereocenters. The number of para-hydroxylation sites is 2. The topological polar surface area (TPSA) is 17.8 Å². The monoisotopic (exact) mass is 648 g/mol. The number of hydrogen-bond donors (Lipinski definition) is 0. The molecule has 1 aromatic heterocycles. The van der Waals surface area contributed by atoms with Crippen LogP contribution in [0.5, 0.6) is 0 Å². The molecular formula is C49H32N2. The highest BCUT2D eigenvalue weighted by Gasteiger charge is 2.20. The largest absolute Gasteiger partial charge is 0.292 e. The molecule has 9 aromatic carbocycles. The summed E-state index contributed by atoms with van der Waals surface area (Å²) in [5.41, 5.74) is 11.5. The van der Waals surface area contributed by atoms with E-state index in [0.29, 0.717) is 0 Å². The van der Waals surface area contributed by atoms with Crippen molar-refractivity contribution >= 4 is 43.4 Å². The average molecular weight is 649 g/mol. The number of imidazole rings is 1. The van der Waals surface area contributed by atoms with Crippen LogP contribution in [-0.2, 0) is 0 Å². The number of benzene rings is 9. The summed E-state index contributed by atoms with van der Waals surface area (Å²) in [6.07, 6.45) is 0. The van der Waals surface area contributed by atoms with Crippen molar-refractivity contribution in [2.24, 2.45) is 0 Å². The van der Waals surface area contributed by atoms with Crippen molar-refractivity contribution in [1.82, 2.24) is 9.55 Å². The Morgan fingerprint density at radius 1 is 0.353 bits per heavy atom. The maximum Gasteiger partial charge on any atom is 0.146 e. The highest BCUT2D eigenvalue weighted by Crippen LogP contribution is 2.45. The number of nitrogens with zero attached hydrogens (tertiary/aromatic N) is 2. The number of fused-ring (bicyclic) bond motifs is 4. The molecule has 0 saturated heterocycles. The van der Waals surface area contributed by atoms with E-state index in [1.165, 1.54) is 60.1 Å². The van der Waals surface area contributed by atoms with E-state index in [4.69, 9.17) is 4.98 Å². The highest BCUT2D eigenvalue weighted by molar-refractivity contribution is 6.21. The summed E-state index contributed by atoms with van der Waals surface area (Å²) in [7, 11) is 0. The van der Waals surface area contributed by atoms with Gasteiger partial charge in [0.1, 0.15) is 5.82 Å². The molecule has 0 aliphatic rings. The van der Waals surface area contributed by atoms with Crippen molar-refractivity contribution in [3.63, 3.8) is 0 Å². The van der Waals surface area contributed by atoms with Gasteiger partial charge in [-0.2, -0.15) is 0 Å². The number of rotatable bonds is 5. The van der Waals surface area contributed by atoms with Crippen LogP contribution >= 0.6 is 0 Å². The summed E-state index contributed by atoms with van der Waals surface area (Å²) >= 11 is 0. The minimum atomic E-state index is 0.925. The van der Waals surface area contributed by atoms with Gasteiger partial charge >= 0.3 is 0 Å². The fourth-order valence-corrected chi connectivity index (χ4v) is 7.91. The predicted molar refractivity (Wildman–Crippen MR) is 215 cm³/mol. The molecule has 0 saturated carbocycles. The molecule has 0 amide bonds. The maximum absolute atomic E-state index is 5.28. The lowest BCUT2D eigenvalue weighted by atomic mass is 9.85. The van der Waals surface area contributed by atoms with Gasteiger partial charge in [0.05, 0.1) is 11.0 Å². The van der Waals surface area contributed by atoms with E-state index in [-0.39, 0.29) is 0 Å². The zero-order valence-corrected chi connectivity index (χ0v) is 27.9. The Balaban J connectivity index is 1.22. The van der Waals surface area contributed by atoms with E-state index in [9.17, 15) is 0 Å². The molecule has 51 heavy (non-hydrogen) atoms. The summed E-state index contributed by atoms with van der Waals surface area (Å²) < 4.78 is 2.33. The lowest BCUT2D eigenvalue weighted by Crippen LogP contribution is -1.99. The lowest BCUT2D eigenvalue weighted by molar-refractivity contribution is 1.10. The zero-order valence-electron chi connectivity index (χ0n) is 27.9. The van der Waals surface area contributed by atoms with Crippen LogP contribution in [0, 0.1) is 0 Å². The molecule has 10 rings (SSSR count). The Bertz CT molecular complexity index is 2860. The third-order valence-corrected chi connectivity index (χ3v) is 10.2. The van der Waals surface area contributed by atoms with Crippen LogP contribution in [0.3, 0.4) is 0 Å². The van der Waals surface area contributed by atoms with Crippen LogP contribution in [-0.4, -0.2) is 9.55 Å². The van der Waals surface area contributed by atoms with Gasteiger partial charge in [-0.3, -0.25) is 4.57 Å². The third-order valence-electron chi connectivity index (χ3n) is 10.2. The first-order valence-corrected chi connectivity index (χ1v) is 17.5. The van der Waals surface area contributed by atoms with Crippen LogP contribution < -0.4 is 0 Å². The van der Waals surface area contributed by atoms with E-state index in [2.05, 4.69) is 199 Å². The quantitative estimate of drug-likeness (QED) is 0.170. The predicted octanol–water partition coefficient (Wildman–Crippen LogP) is 13.2. The number of hydrogen-bond acceptors (Lipinski definition) is 1. The SMILES string of the molecule is c1ccc(-c2ccccc2-c2nc3ccccc3n2-c2cccc(-c3c4ccccc4c(-c4ccc5ccccc5c4)c4ccccc34)c2)cc1. The molecule has 1 heterocycles. The van der Waals surface area contributed by atoms with Gasteiger partial charge in [0, 0.05) is 11.3 Å². The van der Waals surface area contributed by atoms with Gasteiger partial charge in [-0.15, -0.1) is 0 Å². The van der Waals surface area contributed by atoms with Crippen LogP contribution in [0.15, 0.2) is 194 Å². The molecule has 0 N–H and O–H groups in total. The summed E-state index contributed by atoms with van der Waals surface area (Å²) in [5, 5.41) is 7.47. The second kappa shape index (κ2) is 12.0. The summed E-state index contributed by atoms with van der Waals surface area (Å²) in [5.74, 6) is 0.925. The smallest absolute Gasteiger partial charge is 0.146 e. The second-order valence-corrected chi connectivity index (χ2v) is 13.1. The average Bonchev–Trinajstić information content (AvgIpc) is 3.60. The van der Waals surface area contributed by atoms with Crippen molar-refractivity contribution in [2.45, 2.75) is 0 Å². The molecule has 2 nitrogen and oxygen atoms in total. The van der Waals surface area contributed by atoms with Gasteiger partial charge in [0.2, 0.25) is 0 Å². The first kappa shape index (κ1) is 29.2. The lowest BCUT2D eigenvalue weighted by Gasteiger charge is -2.19. The molecule has 0 spiro atoms. The van der Waals surface area contributed by atoms with Gasteiger partial charge in [-0.1, -0.05) is 164 Å². The molecule has 0 aliphatic heterocycles. The maximum atomic E-state index is 5.28. The molecule has 10 aromatic rings. The highest BCUT2D eigenvalue weighted by atomic mass is 15.1. The third kappa shape index (κ3) is 4.84. The van der Waals surface area contributed by atoms with Crippen molar-refractivity contribution in [1.29, 1.82) is 0 Å². The fourth-order valence-electron chi connectivity index (χ4n) is 7.91. The van der Waals surface area contributed by atoms with Gasteiger partial charge in [-0.25, -0.2) is 4.98 Å². The van der Waals surface area contributed by atoms with Crippen LogP contribution in [0.25, 0.3) is 93.8 Å². The molecule has 0 fully saturated rings. The molecule has 0 radical (unpaired) electrons. The Kier molecular flexibility index (Phi) is 6.85. The summed E-state index contributed by atoms with van der Waals surface area (Å²) in [6.45, 7) is 0. The van der Waals surface area contributed by atoms with Crippen molar-refractivity contribution in [3.05, 3.63) is 194 Å². The van der Waals surface area contributed by atoms with Gasteiger partial charge in [-0.05, 0) is 96.0 Å². The van der Waals surface area contributed by atoms with Gasteiger partial charge in [0.25, 0.3) is 0 Å². The molecule has 0 bridgehead atoms.